The Bertz CT molecular complexity index is 575. The second kappa shape index (κ2) is 8.21. The smallest absolute Gasteiger partial charge is 0.257 e. The minimum absolute atomic E-state index is 0.0236. The summed E-state index contributed by atoms with van der Waals surface area (Å²) in [6, 6.07) is 17.2. The average molecular weight is 302 g/mol. The SMILES string of the molecule is Nc1ccccc1OCC(=O)NCCSc1ccccc1. The maximum Gasteiger partial charge on any atom is 0.257 e. The molecule has 0 saturated heterocycles. The molecule has 0 bridgehead atoms. The maximum absolute atomic E-state index is 11.7. The Balaban J connectivity index is 1.63. The van der Waals surface area contributed by atoms with E-state index in [4.69, 9.17) is 10.5 Å². The van der Waals surface area contributed by atoms with Gasteiger partial charge in [-0.15, -0.1) is 11.8 Å². The molecule has 0 atom stereocenters. The lowest BCUT2D eigenvalue weighted by atomic mass is 10.3. The van der Waals surface area contributed by atoms with E-state index in [0.717, 1.165) is 5.75 Å². The number of nitrogen functional groups attached to an aromatic ring is 1. The third kappa shape index (κ3) is 5.39. The Morgan fingerprint density at radius 2 is 1.81 bits per heavy atom. The molecule has 0 unspecified atom stereocenters. The van der Waals surface area contributed by atoms with Crippen LogP contribution in [0.5, 0.6) is 5.75 Å². The average Bonchev–Trinajstić information content (AvgIpc) is 2.52. The third-order valence-corrected chi connectivity index (χ3v) is 3.73. The molecular weight excluding hydrogens is 284 g/mol. The Morgan fingerprint density at radius 3 is 2.57 bits per heavy atom. The summed E-state index contributed by atoms with van der Waals surface area (Å²) < 4.78 is 5.37. The number of carbonyl (C=O) groups is 1. The highest BCUT2D eigenvalue weighted by Crippen LogP contribution is 2.19. The van der Waals surface area contributed by atoms with E-state index in [1.165, 1.54) is 4.90 Å². The van der Waals surface area contributed by atoms with Crippen LogP contribution in [0.3, 0.4) is 0 Å². The number of carbonyl (C=O) groups excluding carboxylic acids is 1. The fourth-order valence-corrected chi connectivity index (χ4v) is 2.47. The molecule has 0 aliphatic heterocycles. The van der Waals surface area contributed by atoms with Crippen LogP contribution in [0, 0.1) is 0 Å². The minimum atomic E-state index is -0.146. The molecule has 0 saturated carbocycles. The topological polar surface area (TPSA) is 64.3 Å². The van der Waals surface area contributed by atoms with Crippen molar-refractivity contribution in [1.29, 1.82) is 0 Å². The molecule has 1 amide bonds. The number of hydrogen-bond acceptors (Lipinski definition) is 4. The van der Waals surface area contributed by atoms with Gasteiger partial charge >= 0.3 is 0 Å². The summed E-state index contributed by atoms with van der Waals surface area (Å²) in [6.45, 7) is 0.580. The fourth-order valence-electron chi connectivity index (χ4n) is 1.68. The van der Waals surface area contributed by atoms with Gasteiger partial charge in [0.25, 0.3) is 5.91 Å². The van der Waals surface area contributed by atoms with Gasteiger partial charge in [0.2, 0.25) is 0 Å². The number of para-hydroxylation sites is 2. The summed E-state index contributed by atoms with van der Waals surface area (Å²) in [5.41, 5.74) is 6.27. The standard InChI is InChI=1S/C16H18N2O2S/c17-14-8-4-5-9-15(14)20-12-16(19)18-10-11-21-13-6-2-1-3-7-13/h1-9H,10-12,17H2,(H,18,19). The van der Waals surface area contributed by atoms with Crippen molar-refractivity contribution in [3.63, 3.8) is 0 Å². The molecule has 2 rings (SSSR count). The lowest BCUT2D eigenvalue weighted by Crippen LogP contribution is -2.30. The summed E-state index contributed by atoms with van der Waals surface area (Å²) in [6.07, 6.45) is 0. The highest BCUT2D eigenvalue weighted by Gasteiger charge is 2.04. The molecule has 3 N–H and O–H groups in total. The number of rotatable bonds is 7. The zero-order chi connectivity index (χ0) is 14.9. The number of thioether (sulfide) groups is 1. The van der Waals surface area contributed by atoms with E-state index in [2.05, 4.69) is 5.32 Å². The van der Waals surface area contributed by atoms with Gasteiger partial charge in [-0.25, -0.2) is 0 Å². The van der Waals surface area contributed by atoms with Crippen LogP contribution < -0.4 is 15.8 Å². The summed E-state index contributed by atoms with van der Waals surface area (Å²) in [4.78, 5) is 12.8. The summed E-state index contributed by atoms with van der Waals surface area (Å²) in [5, 5.41) is 2.82. The normalized spacial score (nSPS) is 10.1. The van der Waals surface area contributed by atoms with Crippen molar-refractivity contribution < 1.29 is 9.53 Å². The Kier molecular flexibility index (Phi) is 5.97. The van der Waals surface area contributed by atoms with E-state index in [9.17, 15) is 4.79 Å². The molecule has 0 fully saturated rings. The van der Waals surface area contributed by atoms with Crippen molar-refractivity contribution >= 4 is 23.4 Å². The van der Waals surface area contributed by atoms with Crippen LogP contribution in [0.25, 0.3) is 0 Å². The molecule has 5 heteroatoms. The highest BCUT2D eigenvalue weighted by atomic mass is 32.2. The maximum atomic E-state index is 11.7. The third-order valence-electron chi connectivity index (χ3n) is 2.71. The molecule has 0 aliphatic rings. The molecule has 0 spiro atoms. The predicted molar refractivity (Wildman–Crippen MR) is 86.5 cm³/mol. The van der Waals surface area contributed by atoms with Crippen molar-refractivity contribution in [3.05, 3.63) is 54.6 Å². The minimum Gasteiger partial charge on any atom is -0.482 e. The molecular formula is C16H18N2O2S. The second-order valence-corrected chi connectivity index (χ2v) is 5.51. The first-order valence-electron chi connectivity index (χ1n) is 6.67. The van der Waals surface area contributed by atoms with Crippen molar-refractivity contribution in [3.8, 4) is 5.75 Å². The van der Waals surface area contributed by atoms with Crippen LogP contribution in [-0.4, -0.2) is 24.8 Å². The van der Waals surface area contributed by atoms with Crippen molar-refractivity contribution in [2.45, 2.75) is 4.90 Å². The lowest BCUT2D eigenvalue weighted by Gasteiger charge is -2.09. The van der Waals surface area contributed by atoms with E-state index < -0.39 is 0 Å². The number of amides is 1. The van der Waals surface area contributed by atoms with Crippen LogP contribution in [0.15, 0.2) is 59.5 Å². The van der Waals surface area contributed by atoms with Crippen molar-refractivity contribution in [2.75, 3.05) is 24.6 Å². The van der Waals surface area contributed by atoms with Crippen molar-refractivity contribution in [1.82, 2.24) is 5.32 Å². The van der Waals surface area contributed by atoms with E-state index in [1.54, 1.807) is 23.9 Å². The van der Waals surface area contributed by atoms with Gasteiger partial charge in [-0.2, -0.15) is 0 Å². The Morgan fingerprint density at radius 1 is 1.10 bits per heavy atom. The zero-order valence-electron chi connectivity index (χ0n) is 11.6. The molecule has 0 heterocycles. The fraction of sp³-hybridized carbons (Fsp3) is 0.188. The Labute approximate surface area is 128 Å². The Hall–Kier alpha value is -2.14. The van der Waals surface area contributed by atoms with Crippen LogP contribution >= 0.6 is 11.8 Å². The second-order valence-electron chi connectivity index (χ2n) is 4.34. The van der Waals surface area contributed by atoms with Gasteiger partial charge in [-0.05, 0) is 24.3 Å². The van der Waals surface area contributed by atoms with E-state index in [-0.39, 0.29) is 12.5 Å². The number of hydrogen-bond donors (Lipinski definition) is 2. The van der Waals surface area contributed by atoms with Crippen LogP contribution in [0.1, 0.15) is 0 Å². The number of anilines is 1. The molecule has 0 radical (unpaired) electrons. The number of nitrogens with two attached hydrogens (primary N) is 1. The highest BCUT2D eigenvalue weighted by molar-refractivity contribution is 7.99. The van der Waals surface area contributed by atoms with Gasteiger partial charge in [0.1, 0.15) is 5.75 Å². The van der Waals surface area contributed by atoms with Gasteiger partial charge in [-0.3, -0.25) is 4.79 Å². The van der Waals surface area contributed by atoms with Crippen LogP contribution in [-0.2, 0) is 4.79 Å². The molecule has 2 aromatic rings. The first kappa shape index (κ1) is 15.3. The molecule has 2 aromatic carbocycles. The van der Waals surface area contributed by atoms with Gasteiger partial charge in [0.05, 0.1) is 5.69 Å². The number of nitrogens with one attached hydrogen (secondary N) is 1. The zero-order valence-corrected chi connectivity index (χ0v) is 12.4. The van der Waals surface area contributed by atoms with Gasteiger partial charge in [0.15, 0.2) is 6.61 Å². The first-order valence-corrected chi connectivity index (χ1v) is 7.66. The molecule has 4 nitrogen and oxygen atoms in total. The summed E-state index contributed by atoms with van der Waals surface area (Å²) >= 11 is 1.70. The first-order chi connectivity index (χ1) is 10.3. The molecule has 0 aliphatic carbocycles. The van der Waals surface area contributed by atoms with E-state index in [0.29, 0.717) is 18.0 Å². The largest absolute Gasteiger partial charge is 0.482 e. The van der Waals surface area contributed by atoms with Gasteiger partial charge < -0.3 is 15.8 Å². The molecule has 0 aromatic heterocycles. The summed E-state index contributed by atoms with van der Waals surface area (Å²) in [5.74, 6) is 1.21. The lowest BCUT2D eigenvalue weighted by molar-refractivity contribution is -0.122. The van der Waals surface area contributed by atoms with Gasteiger partial charge in [0, 0.05) is 17.2 Å². The molecule has 21 heavy (non-hydrogen) atoms. The quantitative estimate of drug-likeness (QED) is 0.469. The predicted octanol–water partition coefficient (Wildman–Crippen LogP) is 2.56. The van der Waals surface area contributed by atoms with Crippen molar-refractivity contribution in [2.24, 2.45) is 0 Å². The van der Waals surface area contributed by atoms with Crippen LogP contribution in [0.2, 0.25) is 0 Å². The van der Waals surface area contributed by atoms with Crippen LogP contribution in [0.4, 0.5) is 5.69 Å². The number of ether oxygens (including phenoxy) is 1. The number of benzene rings is 2. The van der Waals surface area contributed by atoms with E-state index in [1.807, 2.05) is 42.5 Å². The summed E-state index contributed by atoms with van der Waals surface area (Å²) in [7, 11) is 0. The molecule has 110 valence electrons. The van der Waals surface area contributed by atoms with Gasteiger partial charge in [-0.1, -0.05) is 30.3 Å². The van der Waals surface area contributed by atoms with E-state index >= 15 is 0 Å². The monoisotopic (exact) mass is 302 g/mol.